The molecule has 0 saturated carbocycles. The van der Waals surface area contributed by atoms with E-state index in [1.165, 1.54) is 0 Å². The standard InChI is InChI=1S/C10H11IN2O/c11-9-4-3-8(7-12-9)10(14)13-5-1-2-6-13/h3-4,7H,1-2,5-6H2. The van der Waals surface area contributed by atoms with Gasteiger partial charge in [-0.2, -0.15) is 0 Å². The number of likely N-dealkylation sites (tertiary alicyclic amines) is 1. The number of carbonyl (C=O) groups is 1. The lowest BCUT2D eigenvalue weighted by Crippen LogP contribution is -2.27. The Hall–Kier alpha value is -0.650. The monoisotopic (exact) mass is 302 g/mol. The van der Waals surface area contributed by atoms with Crippen molar-refractivity contribution in [3.63, 3.8) is 0 Å². The fraction of sp³-hybridized carbons (Fsp3) is 0.400. The summed E-state index contributed by atoms with van der Waals surface area (Å²) in [7, 11) is 0. The molecule has 0 unspecified atom stereocenters. The van der Waals surface area contributed by atoms with Crippen molar-refractivity contribution in [2.75, 3.05) is 13.1 Å². The Morgan fingerprint density at radius 2 is 2.07 bits per heavy atom. The minimum Gasteiger partial charge on any atom is -0.339 e. The van der Waals surface area contributed by atoms with E-state index >= 15 is 0 Å². The molecule has 14 heavy (non-hydrogen) atoms. The molecule has 3 nitrogen and oxygen atoms in total. The van der Waals surface area contributed by atoms with Crippen molar-refractivity contribution in [1.29, 1.82) is 0 Å². The molecule has 1 fully saturated rings. The van der Waals surface area contributed by atoms with Crippen LogP contribution in [0.4, 0.5) is 0 Å². The van der Waals surface area contributed by atoms with E-state index in [9.17, 15) is 4.79 Å². The largest absolute Gasteiger partial charge is 0.339 e. The highest BCUT2D eigenvalue weighted by Gasteiger charge is 2.19. The second-order valence-electron chi connectivity index (χ2n) is 3.37. The molecule has 0 N–H and O–H groups in total. The number of rotatable bonds is 1. The maximum atomic E-state index is 11.8. The zero-order valence-electron chi connectivity index (χ0n) is 7.74. The smallest absolute Gasteiger partial charge is 0.255 e. The van der Waals surface area contributed by atoms with Gasteiger partial charge in [0, 0.05) is 19.3 Å². The quantitative estimate of drug-likeness (QED) is 0.586. The lowest BCUT2D eigenvalue weighted by atomic mass is 10.2. The molecule has 0 aromatic carbocycles. The van der Waals surface area contributed by atoms with Crippen LogP contribution in [0.3, 0.4) is 0 Å². The first-order valence-corrected chi connectivity index (χ1v) is 5.76. The highest BCUT2D eigenvalue weighted by atomic mass is 127. The highest BCUT2D eigenvalue weighted by Crippen LogP contribution is 2.12. The molecule has 1 aliphatic heterocycles. The van der Waals surface area contributed by atoms with Crippen LogP contribution in [0.25, 0.3) is 0 Å². The third-order valence-corrected chi connectivity index (χ3v) is 3.01. The van der Waals surface area contributed by atoms with Gasteiger partial charge in [-0.15, -0.1) is 0 Å². The lowest BCUT2D eigenvalue weighted by Gasteiger charge is -2.14. The van der Waals surface area contributed by atoms with Crippen LogP contribution in [-0.4, -0.2) is 28.9 Å². The predicted molar refractivity (Wildman–Crippen MR) is 62.1 cm³/mol. The molecule has 0 atom stereocenters. The highest BCUT2D eigenvalue weighted by molar-refractivity contribution is 14.1. The fourth-order valence-electron chi connectivity index (χ4n) is 1.61. The molecule has 0 bridgehead atoms. The van der Waals surface area contributed by atoms with Gasteiger partial charge in [-0.05, 0) is 47.6 Å². The third kappa shape index (κ3) is 2.05. The molecule has 1 aliphatic rings. The van der Waals surface area contributed by atoms with Crippen LogP contribution < -0.4 is 0 Å². The Morgan fingerprint density at radius 3 is 2.64 bits per heavy atom. The van der Waals surface area contributed by atoms with Crippen molar-refractivity contribution >= 4 is 28.5 Å². The molecule has 1 aromatic rings. The van der Waals surface area contributed by atoms with Gasteiger partial charge in [0.15, 0.2) is 0 Å². The predicted octanol–water partition coefficient (Wildman–Crippen LogP) is 1.92. The van der Waals surface area contributed by atoms with Crippen molar-refractivity contribution in [2.45, 2.75) is 12.8 Å². The topological polar surface area (TPSA) is 33.2 Å². The van der Waals surface area contributed by atoms with E-state index in [2.05, 4.69) is 27.6 Å². The first-order chi connectivity index (χ1) is 6.77. The summed E-state index contributed by atoms with van der Waals surface area (Å²) in [5.41, 5.74) is 0.701. The van der Waals surface area contributed by atoms with E-state index < -0.39 is 0 Å². The van der Waals surface area contributed by atoms with E-state index in [1.54, 1.807) is 6.20 Å². The first kappa shape index (κ1) is 9.89. The van der Waals surface area contributed by atoms with Crippen molar-refractivity contribution in [3.05, 3.63) is 27.6 Å². The van der Waals surface area contributed by atoms with Crippen LogP contribution in [0.5, 0.6) is 0 Å². The molecule has 4 heteroatoms. The average Bonchev–Trinajstić information content (AvgIpc) is 2.71. The summed E-state index contributed by atoms with van der Waals surface area (Å²) >= 11 is 2.13. The Labute approximate surface area is 96.7 Å². The number of hydrogen-bond donors (Lipinski definition) is 0. The molecule has 0 spiro atoms. The summed E-state index contributed by atoms with van der Waals surface area (Å²) in [4.78, 5) is 17.8. The zero-order valence-corrected chi connectivity index (χ0v) is 9.90. The fourth-order valence-corrected chi connectivity index (χ4v) is 1.92. The maximum absolute atomic E-state index is 11.8. The summed E-state index contributed by atoms with van der Waals surface area (Å²) in [6.07, 6.45) is 3.91. The van der Waals surface area contributed by atoms with Crippen molar-refractivity contribution < 1.29 is 4.79 Å². The second kappa shape index (κ2) is 4.25. The SMILES string of the molecule is O=C(c1ccc(I)nc1)N1CCCC1. The Bertz CT molecular complexity index is 330. The molecular weight excluding hydrogens is 291 g/mol. The van der Waals surface area contributed by atoms with Crippen LogP contribution in [0.1, 0.15) is 23.2 Å². The number of hydrogen-bond acceptors (Lipinski definition) is 2. The number of nitrogens with zero attached hydrogens (tertiary/aromatic N) is 2. The molecule has 1 saturated heterocycles. The molecule has 0 radical (unpaired) electrons. The van der Waals surface area contributed by atoms with Gasteiger partial charge in [-0.3, -0.25) is 4.79 Å². The van der Waals surface area contributed by atoms with Gasteiger partial charge in [-0.1, -0.05) is 0 Å². The van der Waals surface area contributed by atoms with E-state index in [-0.39, 0.29) is 5.91 Å². The van der Waals surface area contributed by atoms with Gasteiger partial charge >= 0.3 is 0 Å². The summed E-state index contributed by atoms with van der Waals surface area (Å²) in [6.45, 7) is 1.79. The Balaban J connectivity index is 2.14. The average molecular weight is 302 g/mol. The van der Waals surface area contributed by atoms with Gasteiger partial charge < -0.3 is 4.90 Å². The summed E-state index contributed by atoms with van der Waals surface area (Å²) in [6, 6.07) is 3.71. The number of halogens is 1. The van der Waals surface area contributed by atoms with Crippen LogP contribution in [-0.2, 0) is 0 Å². The molecule has 74 valence electrons. The number of carbonyl (C=O) groups excluding carboxylic acids is 1. The summed E-state index contributed by atoms with van der Waals surface area (Å²) in [5.74, 6) is 0.117. The molecule has 2 heterocycles. The normalized spacial score (nSPS) is 15.9. The van der Waals surface area contributed by atoms with E-state index in [4.69, 9.17) is 0 Å². The Morgan fingerprint density at radius 1 is 1.36 bits per heavy atom. The Kier molecular flexibility index (Phi) is 3.00. The van der Waals surface area contributed by atoms with E-state index in [0.717, 1.165) is 29.6 Å². The van der Waals surface area contributed by atoms with E-state index in [0.29, 0.717) is 5.56 Å². The van der Waals surface area contributed by atoms with Crippen LogP contribution in [0.2, 0.25) is 0 Å². The van der Waals surface area contributed by atoms with Crippen molar-refractivity contribution in [2.24, 2.45) is 0 Å². The molecular formula is C10H11IN2O. The third-order valence-electron chi connectivity index (χ3n) is 2.37. The van der Waals surface area contributed by atoms with Crippen LogP contribution in [0.15, 0.2) is 18.3 Å². The maximum Gasteiger partial charge on any atom is 0.255 e. The molecule has 1 aromatic heterocycles. The summed E-state index contributed by atoms with van der Waals surface area (Å²) < 4.78 is 0.917. The minimum atomic E-state index is 0.117. The molecule has 2 rings (SSSR count). The number of aromatic nitrogens is 1. The van der Waals surface area contributed by atoms with Gasteiger partial charge in [0.25, 0.3) is 5.91 Å². The van der Waals surface area contributed by atoms with Crippen LogP contribution in [0, 0.1) is 3.70 Å². The number of pyridine rings is 1. The minimum absolute atomic E-state index is 0.117. The van der Waals surface area contributed by atoms with Crippen molar-refractivity contribution in [3.8, 4) is 0 Å². The second-order valence-corrected chi connectivity index (χ2v) is 4.47. The van der Waals surface area contributed by atoms with Gasteiger partial charge in [-0.25, -0.2) is 4.98 Å². The van der Waals surface area contributed by atoms with Gasteiger partial charge in [0.1, 0.15) is 3.70 Å². The lowest BCUT2D eigenvalue weighted by molar-refractivity contribution is 0.0792. The number of amides is 1. The van der Waals surface area contributed by atoms with Crippen molar-refractivity contribution in [1.82, 2.24) is 9.88 Å². The van der Waals surface area contributed by atoms with Gasteiger partial charge in [0.2, 0.25) is 0 Å². The zero-order chi connectivity index (χ0) is 9.97. The van der Waals surface area contributed by atoms with E-state index in [1.807, 2.05) is 17.0 Å². The summed E-state index contributed by atoms with van der Waals surface area (Å²) in [5, 5.41) is 0. The molecule has 1 amide bonds. The molecule has 0 aliphatic carbocycles. The van der Waals surface area contributed by atoms with Gasteiger partial charge in [0.05, 0.1) is 5.56 Å². The first-order valence-electron chi connectivity index (χ1n) is 4.68. The van der Waals surface area contributed by atoms with Crippen LogP contribution >= 0.6 is 22.6 Å².